The number of hydrogen-bond acceptors (Lipinski definition) is 5. The molecule has 0 spiro atoms. The SMILES string of the molecule is CC(C)(C)OC(=O)CC1(NCC(O)C(F)(F)F)CCOCC1. The maximum atomic E-state index is 12.4. The number of halogens is 3. The van der Waals surface area contributed by atoms with Crippen LogP contribution in [0.15, 0.2) is 0 Å². The average Bonchev–Trinajstić information content (AvgIpc) is 2.33. The van der Waals surface area contributed by atoms with Crippen molar-refractivity contribution in [1.82, 2.24) is 5.32 Å². The number of rotatable bonds is 5. The molecule has 1 atom stereocenters. The Kier molecular flexibility index (Phi) is 6.23. The van der Waals surface area contributed by atoms with Crippen molar-refractivity contribution < 1.29 is 32.5 Å². The van der Waals surface area contributed by atoms with Gasteiger partial charge in [0.15, 0.2) is 6.10 Å². The van der Waals surface area contributed by atoms with Crippen LogP contribution in [0.5, 0.6) is 0 Å². The van der Waals surface area contributed by atoms with E-state index in [-0.39, 0.29) is 6.42 Å². The molecule has 5 nitrogen and oxygen atoms in total. The van der Waals surface area contributed by atoms with Crippen molar-refractivity contribution in [2.24, 2.45) is 0 Å². The summed E-state index contributed by atoms with van der Waals surface area (Å²) in [7, 11) is 0. The summed E-state index contributed by atoms with van der Waals surface area (Å²) in [6.07, 6.45) is -6.44. The maximum Gasteiger partial charge on any atom is 0.415 e. The maximum absolute atomic E-state index is 12.4. The zero-order valence-corrected chi connectivity index (χ0v) is 13.1. The number of nitrogens with one attached hydrogen (secondary N) is 1. The lowest BCUT2D eigenvalue weighted by molar-refractivity contribution is -0.203. The van der Waals surface area contributed by atoms with Crippen LogP contribution < -0.4 is 5.32 Å². The standard InChI is InChI=1S/C14H24F3NO4/c1-12(2,3)22-11(20)8-13(4-6-21-7-5-13)18-9-10(19)14(15,16)17/h10,18-19H,4-9H2,1-3H3. The highest BCUT2D eigenvalue weighted by molar-refractivity contribution is 5.71. The van der Waals surface area contributed by atoms with Crippen molar-refractivity contribution in [2.75, 3.05) is 19.8 Å². The summed E-state index contributed by atoms with van der Waals surface area (Å²) in [5.74, 6) is -0.483. The zero-order valence-electron chi connectivity index (χ0n) is 13.1. The normalized spacial score (nSPS) is 20.5. The molecule has 0 amide bonds. The van der Waals surface area contributed by atoms with Gasteiger partial charge in [0.05, 0.1) is 6.42 Å². The number of carbonyl (C=O) groups is 1. The predicted molar refractivity (Wildman–Crippen MR) is 73.3 cm³/mol. The first-order chi connectivity index (χ1) is 9.94. The van der Waals surface area contributed by atoms with Crippen molar-refractivity contribution >= 4 is 5.97 Å². The summed E-state index contributed by atoms with van der Waals surface area (Å²) in [4.78, 5) is 12.0. The number of hydrogen-bond donors (Lipinski definition) is 2. The van der Waals surface area contributed by atoms with Crippen molar-refractivity contribution in [3.63, 3.8) is 0 Å². The van der Waals surface area contributed by atoms with Gasteiger partial charge in [-0.2, -0.15) is 13.2 Å². The third-order valence-electron chi connectivity index (χ3n) is 3.40. The van der Waals surface area contributed by atoms with Crippen LogP contribution in [-0.4, -0.2) is 54.3 Å². The van der Waals surface area contributed by atoms with Gasteiger partial charge in [-0.15, -0.1) is 0 Å². The van der Waals surface area contributed by atoms with E-state index >= 15 is 0 Å². The first-order valence-electron chi connectivity index (χ1n) is 7.23. The molecule has 1 rings (SSSR count). The van der Waals surface area contributed by atoms with Gasteiger partial charge in [-0.3, -0.25) is 4.79 Å². The van der Waals surface area contributed by atoms with Gasteiger partial charge in [-0.05, 0) is 33.6 Å². The second kappa shape index (κ2) is 7.14. The highest BCUT2D eigenvalue weighted by Gasteiger charge is 2.42. The summed E-state index contributed by atoms with van der Waals surface area (Å²) < 4.78 is 47.7. The van der Waals surface area contributed by atoms with E-state index in [4.69, 9.17) is 14.6 Å². The van der Waals surface area contributed by atoms with Gasteiger partial charge >= 0.3 is 12.1 Å². The first-order valence-corrected chi connectivity index (χ1v) is 7.23. The van der Waals surface area contributed by atoms with Gasteiger partial charge < -0.3 is 19.9 Å². The van der Waals surface area contributed by atoms with E-state index in [1.807, 2.05) is 0 Å². The van der Waals surface area contributed by atoms with E-state index in [2.05, 4.69) is 5.32 Å². The second-order valence-corrected chi connectivity index (χ2v) is 6.59. The largest absolute Gasteiger partial charge is 0.460 e. The highest BCUT2D eigenvalue weighted by Crippen LogP contribution is 2.27. The topological polar surface area (TPSA) is 67.8 Å². The fourth-order valence-corrected chi connectivity index (χ4v) is 2.26. The molecule has 130 valence electrons. The number of aliphatic hydroxyl groups is 1. The molecule has 0 aliphatic carbocycles. The fraction of sp³-hybridized carbons (Fsp3) is 0.929. The number of alkyl halides is 3. The van der Waals surface area contributed by atoms with Gasteiger partial charge in [0.1, 0.15) is 5.60 Å². The van der Waals surface area contributed by atoms with E-state index < -0.39 is 35.9 Å². The van der Waals surface area contributed by atoms with Gasteiger partial charge in [0.25, 0.3) is 0 Å². The van der Waals surface area contributed by atoms with E-state index in [1.165, 1.54) is 0 Å². The van der Waals surface area contributed by atoms with Crippen LogP contribution in [0.3, 0.4) is 0 Å². The Bertz CT molecular complexity index is 373. The molecule has 22 heavy (non-hydrogen) atoms. The van der Waals surface area contributed by atoms with Crippen molar-refractivity contribution in [3.8, 4) is 0 Å². The third-order valence-corrected chi connectivity index (χ3v) is 3.40. The minimum absolute atomic E-state index is 0.0573. The van der Waals surface area contributed by atoms with Crippen molar-refractivity contribution in [2.45, 2.75) is 63.5 Å². The lowest BCUT2D eigenvalue weighted by Crippen LogP contribution is -2.55. The van der Waals surface area contributed by atoms with Crippen LogP contribution in [0.2, 0.25) is 0 Å². The summed E-state index contributed by atoms with van der Waals surface area (Å²) >= 11 is 0. The van der Waals surface area contributed by atoms with E-state index in [0.29, 0.717) is 26.1 Å². The van der Waals surface area contributed by atoms with Crippen molar-refractivity contribution in [1.29, 1.82) is 0 Å². The Morgan fingerprint density at radius 1 is 1.32 bits per heavy atom. The minimum atomic E-state index is -4.69. The molecule has 0 aromatic rings. The average molecular weight is 327 g/mol. The molecule has 1 unspecified atom stereocenters. The van der Waals surface area contributed by atoms with Crippen LogP contribution in [-0.2, 0) is 14.3 Å². The van der Waals surface area contributed by atoms with Crippen LogP contribution >= 0.6 is 0 Å². The summed E-state index contributed by atoms with van der Waals surface area (Å²) in [6.45, 7) is 5.20. The van der Waals surface area contributed by atoms with Crippen LogP contribution in [0, 0.1) is 0 Å². The molecule has 0 radical (unpaired) electrons. The van der Waals surface area contributed by atoms with Gasteiger partial charge in [0.2, 0.25) is 0 Å². The molecular formula is C14H24F3NO4. The number of ether oxygens (including phenoxy) is 2. The lowest BCUT2D eigenvalue weighted by atomic mass is 9.86. The third kappa shape index (κ3) is 6.50. The molecule has 2 N–H and O–H groups in total. The molecular weight excluding hydrogens is 303 g/mol. The Labute approximate surface area is 128 Å². The molecule has 0 bridgehead atoms. The highest BCUT2D eigenvalue weighted by atomic mass is 19.4. The molecule has 0 aromatic carbocycles. The van der Waals surface area contributed by atoms with Crippen LogP contribution in [0.25, 0.3) is 0 Å². The Hall–Kier alpha value is -0.860. The summed E-state index contributed by atoms with van der Waals surface area (Å²) in [5.41, 5.74) is -1.50. The molecule has 0 saturated carbocycles. The number of carbonyl (C=O) groups excluding carboxylic acids is 1. The van der Waals surface area contributed by atoms with Gasteiger partial charge in [-0.25, -0.2) is 0 Å². The monoisotopic (exact) mass is 327 g/mol. The Morgan fingerprint density at radius 3 is 2.32 bits per heavy atom. The van der Waals surface area contributed by atoms with Crippen LogP contribution in [0.4, 0.5) is 13.2 Å². The molecule has 1 saturated heterocycles. The molecule has 0 aromatic heterocycles. The van der Waals surface area contributed by atoms with Crippen LogP contribution in [0.1, 0.15) is 40.0 Å². The molecule has 1 aliphatic rings. The summed E-state index contributed by atoms with van der Waals surface area (Å²) in [5, 5.41) is 11.8. The van der Waals surface area contributed by atoms with E-state index in [9.17, 15) is 18.0 Å². The predicted octanol–water partition coefficient (Wildman–Crippen LogP) is 1.78. The lowest BCUT2D eigenvalue weighted by Gasteiger charge is -2.38. The number of esters is 1. The molecule has 1 fully saturated rings. The van der Waals surface area contributed by atoms with E-state index in [1.54, 1.807) is 20.8 Å². The first kappa shape index (κ1) is 19.2. The smallest absolute Gasteiger partial charge is 0.415 e. The van der Waals surface area contributed by atoms with Crippen molar-refractivity contribution in [3.05, 3.63) is 0 Å². The fourth-order valence-electron chi connectivity index (χ4n) is 2.26. The second-order valence-electron chi connectivity index (χ2n) is 6.59. The molecule has 1 aliphatic heterocycles. The van der Waals surface area contributed by atoms with E-state index in [0.717, 1.165) is 0 Å². The van der Waals surface area contributed by atoms with Gasteiger partial charge in [0, 0.05) is 25.3 Å². The number of aliphatic hydroxyl groups excluding tert-OH is 1. The Morgan fingerprint density at radius 2 is 1.86 bits per heavy atom. The Balaban J connectivity index is 2.68. The zero-order chi connectivity index (χ0) is 17.0. The van der Waals surface area contributed by atoms with Gasteiger partial charge in [-0.1, -0.05) is 0 Å². The molecule has 1 heterocycles. The number of β-amino-alcohol motifs (C(OH)–C–C–N with tert-alkyl or cyclic N) is 1. The molecule has 8 heteroatoms. The minimum Gasteiger partial charge on any atom is -0.460 e. The quantitative estimate of drug-likeness (QED) is 0.754. The summed E-state index contributed by atoms with van der Waals surface area (Å²) in [6, 6.07) is 0.